The summed E-state index contributed by atoms with van der Waals surface area (Å²) in [5.41, 5.74) is 0.859. The number of amides is 2. The summed E-state index contributed by atoms with van der Waals surface area (Å²) in [5, 5.41) is 2.73. The molecule has 1 heterocycles. The third-order valence-corrected chi connectivity index (χ3v) is 2.59. The van der Waals surface area contributed by atoms with Crippen LogP contribution in [0.1, 0.15) is 0 Å². The molecule has 4 nitrogen and oxygen atoms in total. The van der Waals surface area contributed by atoms with E-state index in [0.717, 1.165) is 10.6 Å². The van der Waals surface area contributed by atoms with E-state index in [1.165, 1.54) is 0 Å². The van der Waals surface area contributed by atoms with Crippen molar-refractivity contribution < 1.29 is 9.35 Å². The molecule has 0 atom stereocenters. The fraction of sp³-hybridized carbons (Fsp3) is 0.222. The molecule has 74 valence electrons. The van der Waals surface area contributed by atoms with E-state index in [4.69, 9.17) is 4.55 Å². The smallest absolute Gasteiger partial charge is 0.321 e. The summed E-state index contributed by atoms with van der Waals surface area (Å²) >= 11 is 0.702. The van der Waals surface area contributed by atoms with Crippen molar-refractivity contribution in [1.29, 1.82) is 0 Å². The van der Waals surface area contributed by atoms with Crippen molar-refractivity contribution in [3.05, 3.63) is 24.3 Å². The second kappa shape index (κ2) is 3.89. The normalized spacial score (nSPS) is 15.8. The molecule has 14 heavy (non-hydrogen) atoms. The minimum absolute atomic E-state index is 0.0607. The standard InChI is InChI=1S/C9H10N2O2S/c12-9-10-5-6-11(9)7-1-3-8(14-13)4-2-7/h1-4,13H,5-6H2,(H,10,12). The lowest BCUT2D eigenvalue weighted by atomic mass is 10.3. The van der Waals surface area contributed by atoms with Crippen LogP contribution in [0.3, 0.4) is 0 Å². The van der Waals surface area contributed by atoms with Crippen molar-refractivity contribution in [1.82, 2.24) is 5.32 Å². The molecule has 0 spiro atoms. The van der Waals surface area contributed by atoms with Crippen molar-refractivity contribution in [2.24, 2.45) is 0 Å². The molecule has 1 aromatic rings. The third-order valence-electron chi connectivity index (χ3n) is 2.11. The first kappa shape index (κ1) is 9.36. The first-order chi connectivity index (χ1) is 6.81. The lowest BCUT2D eigenvalue weighted by molar-refractivity contribution is 0.252. The summed E-state index contributed by atoms with van der Waals surface area (Å²) in [6.45, 7) is 1.39. The van der Waals surface area contributed by atoms with Crippen molar-refractivity contribution in [2.75, 3.05) is 18.0 Å². The van der Waals surface area contributed by atoms with Gasteiger partial charge in [0.15, 0.2) is 0 Å². The Balaban J connectivity index is 2.20. The van der Waals surface area contributed by atoms with E-state index in [2.05, 4.69) is 5.32 Å². The molecule has 0 unspecified atom stereocenters. The van der Waals surface area contributed by atoms with Gasteiger partial charge in [-0.25, -0.2) is 4.79 Å². The van der Waals surface area contributed by atoms with Crippen LogP contribution in [0.2, 0.25) is 0 Å². The number of carbonyl (C=O) groups is 1. The van der Waals surface area contributed by atoms with Gasteiger partial charge in [0.1, 0.15) is 0 Å². The number of benzene rings is 1. The number of carbonyl (C=O) groups excluding carboxylic acids is 1. The fourth-order valence-corrected chi connectivity index (χ4v) is 1.66. The molecule has 1 aliphatic rings. The number of urea groups is 1. The Bertz CT molecular complexity index is 339. The Morgan fingerprint density at radius 1 is 1.36 bits per heavy atom. The van der Waals surface area contributed by atoms with Crippen LogP contribution in [0.5, 0.6) is 0 Å². The number of hydrogen-bond acceptors (Lipinski definition) is 3. The van der Waals surface area contributed by atoms with E-state index in [9.17, 15) is 4.79 Å². The minimum atomic E-state index is -0.0607. The summed E-state index contributed by atoms with van der Waals surface area (Å²) < 4.78 is 8.77. The first-order valence-corrected chi connectivity index (χ1v) is 5.05. The maximum absolute atomic E-state index is 11.3. The highest BCUT2D eigenvalue weighted by atomic mass is 32.2. The topological polar surface area (TPSA) is 52.6 Å². The molecule has 0 bridgehead atoms. The Hall–Kier alpha value is -1.20. The molecule has 0 radical (unpaired) electrons. The van der Waals surface area contributed by atoms with Crippen LogP contribution in [0, 0.1) is 0 Å². The van der Waals surface area contributed by atoms with Gasteiger partial charge in [0, 0.05) is 35.7 Å². The number of rotatable bonds is 2. The van der Waals surface area contributed by atoms with Gasteiger partial charge < -0.3 is 9.87 Å². The molecular weight excluding hydrogens is 200 g/mol. The second-order valence-electron chi connectivity index (χ2n) is 2.97. The summed E-state index contributed by atoms with van der Waals surface area (Å²) in [4.78, 5) is 13.7. The predicted molar refractivity (Wildman–Crippen MR) is 55.7 cm³/mol. The average Bonchev–Trinajstić information content (AvgIpc) is 2.65. The van der Waals surface area contributed by atoms with Gasteiger partial charge in [-0.05, 0) is 24.3 Å². The first-order valence-electron chi connectivity index (χ1n) is 4.28. The molecule has 1 aromatic carbocycles. The van der Waals surface area contributed by atoms with Crippen LogP contribution < -0.4 is 10.2 Å². The van der Waals surface area contributed by atoms with Gasteiger partial charge >= 0.3 is 6.03 Å². The van der Waals surface area contributed by atoms with Gasteiger partial charge in [0.05, 0.1) is 0 Å². The van der Waals surface area contributed by atoms with E-state index in [1.54, 1.807) is 17.0 Å². The maximum atomic E-state index is 11.3. The van der Waals surface area contributed by atoms with Crippen LogP contribution >= 0.6 is 12.0 Å². The van der Waals surface area contributed by atoms with Crippen LogP contribution in [0.25, 0.3) is 0 Å². The Kier molecular flexibility index (Phi) is 2.60. The highest BCUT2D eigenvalue weighted by Gasteiger charge is 2.20. The number of nitrogens with one attached hydrogen (secondary N) is 1. The summed E-state index contributed by atoms with van der Waals surface area (Å²) in [7, 11) is 0. The van der Waals surface area contributed by atoms with E-state index >= 15 is 0 Å². The summed E-state index contributed by atoms with van der Waals surface area (Å²) in [6.07, 6.45) is 0. The Morgan fingerprint density at radius 2 is 2.07 bits per heavy atom. The van der Waals surface area contributed by atoms with Gasteiger partial charge in [-0.15, -0.1) is 0 Å². The third kappa shape index (κ3) is 1.69. The van der Waals surface area contributed by atoms with Gasteiger partial charge in [-0.3, -0.25) is 4.90 Å². The van der Waals surface area contributed by atoms with Crippen LogP contribution in [-0.2, 0) is 0 Å². The van der Waals surface area contributed by atoms with Crippen LogP contribution in [-0.4, -0.2) is 23.7 Å². The molecule has 2 amide bonds. The van der Waals surface area contributed by atoms with Gasteiger partial charge in [-0.1, -0.05) is 0 Å². The molecule has 1 saturated heterocycles. The lowest BCUT2D eigenvalue weighted by Crippen LogP contribution is -2.27. The van der Waals surface area contributed by atoms with Crippen LogP contribution in [0.4, 0.5) is 10.5 Å². The molecule has 0 saturated carbocycles. The highest BCUT2D eigenvalue weighted by Crippen LogP contribution is 2.21. The van der Waals surface area contributed by atoms with Gasteiger partial charge in [-0.2, -0.15) is 0 Å². The SMILES string of the molecule is O=C1NCCN1c1ccc(SO)cc1. The fourth-order valence-electron chi connectivity index (χ4n) is 1.40. The molecule has 5 heteroatoms. The van der Waals surface area contributed by atoms with E-state index < -0.39 is 0 Å². The van der Waals surface area contributed by atoms with E-state index in [-0.39, 0.29) is 6.03 Å². The Labute approximate surface area is 86.1 Å². The lowest BCUT2D eigenvalue weighted by Gasteiger charge is -2.13. The van der Waals surface area contributed by atoms with Crippen LogP contribution in [0.15, 0.2) is 29.2 Å². The number of anilines is 1. The van der Waals surface area contributed by atoms with Crippen molar-refractivity contribution in [3.63, 3.8) is 0 Å². The zero-order valence-electron chi connectivity index (χ0n) is 7.43. The van der Waals surface area contributed by atoms with Gasteiger partial charge in [0.2, 0.25) is 0 Å². The minimum Gasteiger partial charge on any atom is -0.336 e. The summed E-state index contributed by atoms with van der Waals surface area (Å²) in [5.74, 6) is 0. The molecule has 0 aliphatic carbocycles. The van der Waals surface area contributed by atoms with Crippen molar-refractivity contribution in [3.8, 4) is 0 Å². The Morgan fingerprint density at radius 3 is 2.57 bits per heavy atom. The molecule has 1 fully saturated rings. The van der Waals surface area contributed by atoms with Crippen molar-refractivity contribution >= 4 is 23.8 Å². The van der Waals surface area contributed by atoms with E-state index in [0.29, 0.717) is 25.1 Å². The zero-order chi connectivity index (χ0) is 9.97. The predicted octanol–water partition coefficient (Wildman–Crippen LogP) is 1.78. The van der Waals surface area contributed by atoms with Crippen molar-refractivity contribution in [2.45, 2.75) is 4.90 Å². The molecular formula is C9H10N2O2S. The monoisotopic (exact) mass is 210 g/mol. The maximum Gasteiger partial charge on any atom is 0.321 e. The molecule has 2 rings (SSSR count). The number of hydrogen-bond donors (Lipinski definition) is 2. The quantitative estimate of drug-likeness (QED) is 0.731. The summed E-state index contributed by atoms with van der Waals surface area (Å²) in [6, 6.07) is 7.15. The largest absolute Gasteiger partial charge is 0.336 e. The van der Waals surface area contributed by atoms with Gasteiger partial charge in [0.25, 0.3) is 0 Å². The zero-order valence-corrected chi connectivity index (χ0v) is 8.25. The molecule has 2 N–H and O–H groups in total. The second-order valence-corrected chi connectivity index (χ2v) is 3.62. The molecule has 0 aromatic heterocycles. The average molecular weight is 210 g/mol. The number of nitrogens with zero attached hydrogens (tertiary/aromatic N) is 1. The molecule has 1 aliphatic heterocycles. The van der Waals surface area contributed by atoms with E-state index in [1.807, 2.05) is 12.1 Å². The highest BCUT2D eigenvalue weighted by molar-refractivity contribution is 7.93.